The van der Waals surface area contributed by atoms with Crippen LogP contribution in [-0.2, 0) is 4.74 Å². The highest BCUT2D eigenvalue weighted by molar-refractivity contribution is 5.73. The van der Waals surface area contributed by atoms with Crippen molar-refractivity contribution in [2.75, 3.05) is 50.0 Å². The highest BCUT2D eigenvalue weighted by Gasteiger charge is 2.30. The van der Waals surface area contributed by atoms with Gasteiger partial charge in [0.25, 0.3) is 0 Å². The fourth-order valence-corrected chi connectivity index (χ4v) is 5.26. The van der Waals surface area contributed by atoms with E-state index in [-0.39, 0.29) is 17.7 Å². The third-order valence-corrected chi connectivity index (χ3v) is 7.31. The van der Waals surface area contributed by atoms with Crippen LogP contribution in [0.3, 0.4) is 0 Å². The second kappa shape index (κ2) is 11.3. The average Bonchev–Trinajstić information content (AvgIpc) is 3.42. The first kappa shape index (κ1) is 24.6. The standard InChI is InChI=1S/C28H33F2N5O/c29-23-7-3-20(4-8-23)25-19-32-28(33-27(25)31)35-15-11-22(12-16-35)26(21-5-9-24(30)10-6-21)36-18-17-34-13-1-2-14-34/h3-10,19,22,26H,1-2,11-18H2,(H2,31,32,33). The van der Waals surface area contributed by atoms with Crippen LogP contribution >= 0.6 is 0 Å². The summed E-state index contributed by atoms with van der Waals surface area (Å²) in [4.78, 5) is 13.7. The van der Waals surface area contributed by atoms with E-state index >= 15 is 0 Å². The van der Waals surface area contributed by atoms with Crippen molar-refractivity contribution in [1.82, 2.24) is 14.9 Å². The maximum atomic E-state index is 13.6. The molecule has 8 heteroatoms. The number of halogens is 2. The van der Waals surface area contributed by atoms with E-state index in [1.54, 1.807) is 18.3 Å². The molecular weight excluding hydrogens is 460 g/mol. The summed E-state index contributed by atoms with van der Waals surface area (Å²) in [6, 6.07) is 12.9. The molecule has 1 aromatic heterocycles. The van der Waals surface area contributed by atoms with Crippen molar-refractivity contribution in [2.24, 2.45) is 5.92 Å². The van der Waals surface area contributed by atoms with Gasteiger partial charge < -0.3 is 20.3 Å². The lowest BCUT2D eigenvalue weighted by molar-refractivity contribution is -0.00522. The van der Waals surface area contributed by atoms with E-state index < -0.39 is 0 Å². The number of ether oxygens (including phenoxy) is 1. The first-order valence-electron chi connectivity index (χ1n) is 12.8. The first-order chi connectivity index (χ1) is 17.6. The third kappa shape index (κ3) is 5.82. The molecule has 0 amide bonds. The Balaban J connectivity index is 1.23. The van der Waals surface area contributed by atoms with Gasteiger partial charge in [0.2, 0.25) is 5.95 Å². The Morgan fingerprint density at radius 1 is 0.917 bits per heavy atom. The van der Waals surface area contributed by atoms with Crippen LogP contribution in [0.4, 0.5) is 20.5 Å². The number of aromatic nitrogens is 2. The van der Waals surface area contributed by atoms with Crippen LogP contribution in [0.2, 0.25) is 0 Å². The lowest BCUT2D eigenvalue weighted by atomic mass is 9.87. The van der Waals surface area contributed by atoms with Crippen molar-refractivity contribution in [1.29, 1.82) is 0 Å². The molecule has 0 saturated carbocycles. The van der Waals surface area contributed by atoms with Crippen molar-refractivity contribution in [2.45, 2.75) is 31.8 Å². The zero-order chi connectivity index (χ0) is 24.9. The van der Waals surface area contributed by atoms with E-state index in [0.717, 1.165) is 56.7 Å². The van der Waals surface area contributed by atoms with Crippen molar-refractivity contribution in [3.63, 3.8) is 0 Å². The Bertz CT molecular complexity index is 1130. The first-order valence-corrected chi connectivity index (χ1v) is 12.8. The average molecular weight is 494 g/mol. The molecular formula is C28H33F2N5O. The zero-order valence-corrected chi connectivity index (χ0v) is 20.5. The van der Waals surface area contributed by atoms with Crippen LogP contribution < -0.4 is 10.6 Å². The van der Waals surface area contributed by atoms with Crippen LogP contribution in [0.25, 0.3) is 11.1 Å². The second-order valence-corrected chi connectivity index (χ2v) is 9.69. The van der Waals surface area contributed by atoms with Crippen molar-refractivity contribution in [3.05, 3.63) is 71.9 Å². The molecule has 2 aromatic carbocycles. The molecule has 5 rings (SSSR count). The molecule has 36 heavy (non-hydrogen) atoms. The number of likely N-dealkylation sites (tertiary alicyclic amines) is 1. The molecule has 1 atom stereocenters. The minimum atomic E-state index is -0.295. The Kier molecular flexibility index (Phi) is 7.72. The maximum Gasteiger partial charge on any atom is 0.227 e. The number of nitrogen functional groups attached to an aromatic ring is 1. The molecule has 2 aliphatic rings. The molecule has 1 unspecified atom stereocenters. The monoisotopic (exact) mass is 493 g/mol. The van der Waals surface area contributed by atoms with Crippen LogP contribution in [-0.4, -0.2) is 54.2 Å². The lowest BCUT2D eigenvalue weighted by Crippen LogP contribution is -2.37. The lowest BCUT2D eigenvalue weighted by Gasteiger charge is -2.36. The summed E-state index contributed by atoms with van der Waals surface area (Å²) in [5, 5.41) is 0. The Morgan fingerprint density at radius 3 is 2.19 bits per heavy atom. The maximum absolute atomic E-state index is 13.6. The molecule has 2 N–H and O–H groups in total. The summed E-state index contributed by atoms with van der Waals surface area (Å²) < 4.78 is 33.3. The van der Waals surface area contributed by atoms with Gasteiger partial charge in [-0.25, -0.2) is 13.8 Å². The van der Waals surface area contributed by atoms with E-state index in [1.165, 1.54) is 37.1 Å². The van der Waals surface area contributed by atoms with Gasteiger partial charge in [0, 0.05) is 31.4 Å². The largest absolute Gasteiger partial charge is 0.383 e. The molecule has 0 bridgehead atoms. The molecule has 2 fully saturated rings. The van der Waals surface area contributed by atoms with E-state index in [1.807, 2.05) is 12.1 Å². The number of piperidine rings is 1. The minimum absolute atomic E-state index is 0.0674. The predicted molar refractivity (Wildman–Crippen MR) is 138 cm³/mol. The number of nitrogens with two attached hydrogens (primary N) is 1. The van der Waals surface area contributed by atoms with Crippen LogP contribution in [0.5, 0.6) is 0 Å². The number of rotatable bonds is 8. The Hall–Kier alpha value is -3.10. The van der Waals surface area contributed by atoms with Gasteiger partial charge >= 0.3 is 0 Å². The van der Waals surface area contributed by atoms with Crippen LogP contribution in [0.1, 0.15) is 37.4 Å². The molecule has 0 aliphatic carbocycles. The van der Waals surface area contributed by atoms with Crippen LogP contribution in [0, 0.1) is 17.6 Å². The van der Waals surface area contributed by atoms with Gasteiger partial charge in [0.15, 0.2) is 0 Å². The molecule has 6 nitrogen and oxygen atoms in total. The normalized spacial score (nSPS) is 18.0. The third-order valence-electron chi connectivity index (χ3n) is 7.31. The molecule has 3 aromatic rings. The predicted octanol–water partition coefficient (Wildman–Crippen LogP) is 5.07. The fraction of sp³-hybridized carbons (Fsp3) is 0.429. The van der Waals surface area contributed by atoms with Crippen molar-refractivity contribution in [3.8, 4) is 11.1 Å². The quantitative estimate of drug-likeness (QED) is 0.472. The Morgan fingerprint density at radius 2 is 1.56 bits per heavy atom. The highest BCUT2D eigenvalue weighted by Crippen LogP contribution is 2.35. The summed E-state index contributed by atoms with van der Waals surface area (Å²) in [6.07, 6.45) is 5.99. The summed E-state index contributed by atoms with van der Waals surface area (Å²) in [5.74, 6) is 0.772. The second-order valence-electron chi connectivity index (χ2n) is 9.69. The van der Waals surface area contributed by atoms with Gasteiger partial charge in [-0.05, 0) is 80.1 Å². The van der Waals surface area contributed by atoms with E-state index in [4.69, 9.17) is 10.5 Å². The topological polar surface area (TPSA) is 67.5 Å². The SMILES string of the molecule is Nc1nc(N2CCC(C(OCCN3CCCC3)c3ccc(F)cc3)CC2)ncc1-c1ccc(F)cc1. The zero-order valence-electron chi connectivity index (χ0n) is 20.5. The van der Waals surface area contributed by atoms with E-state index in [2.05, 4.69) is 19.8 Å². The van der Waals surface area contributed by atoms with E-state index in [9.17, 15) is 8.78 Å². The van der Waals surface area contributed by atoms with Gasteiger partial charge in [0.1, 0.15) is 17.5 Å². The summed E-state index contributed by atoms with van der Waals surface area (Å²) in [7, 11) is 0. The van der Waals surface area contributed by atoms with Crippen molar-refractivity contribution >= 4 is 11.8 Å². The number of nitrogens with zero attached hydrogens (tertiary/aromatic N) is 4. The van der Waals surface area contributed by atoms with E-state index in [0.29, 0.717) is 29.9 Å². The number of benzene rings is 2. The van der Waals surface area contributed by atoms with Gasteiger partial charge in [-0.15, -0.1) is 0 Å². The summed E-state index contributed by atoms with van der Waals surface area (Å²) in [6.45, 7) is 5.47. The molecule has 190 valence electrons. The fourth-order valence-electron chi connectivity index (χ4n) is 5.26. The van der Waals surface area contributed by atoms with Gasteiger partial charge in [-0.1, -0.05) is 24.3 Å². The minimum Gasteiger partial charge on any atom is -0.383 e. The highest BCUT2D eigenvalue weighted by atomic mass is 19.1. The molecule has 2 saturated heterocycles. The number of anilines is 2. The molecule has 2 aliphatic heterocycles. The molecule has 0 spiro atoms. The molecule has 3 heterocycles. The summed E-state index contributed by atoms with van der Waals surface area (Å²) >= 11 is 0. The summed E-state index contributed by atoms with van der Waals surface area (Å²) in [5.41, 5.74) is 8.75. The Labute approximate surface area is 211 Å². The van der Waals surface area contributed by atoms with Gasteiger partial charge in [-0.3, -0.25) is 0 Å². The molecule has 0 radical (unpaired) electrons. The van der Waals surface area contributed by atoms with Crippen molar-refractivity contribution < 1.29 is 13.5 Å². The van der Waals surface area contributed by atoms with Crippen LogP contribution in [0.15, 0.2) is 54.7 Å². The van der Waals surface area contributed by atoms with Gasteiger partial charge in [-0.2, -0.15) is 4.98 Å². The van der Waals surface area contributed by atoms with Gasteiger partial charge in [0.05, 0.1) is 12.7 Å². The smallest absolute Gasteiger partial charge is 0.227 e. The number of hydrogen-bond donors (Lipinski definition) is 1. The number of hydrogen-bond acceptors (Lipinski definition) is 6.